The highest BCUT2D eigenvalue weighted by Gasteiger charge is 1.88. The van der Waals surface area contributed by atoms with Crippen LogP contribution in [0, 0.1) is 0 Å². The van der Waals surface area contributed by atoms with Crippen molar-refractivity contribution < 1.29 is 9.90 Å². The molecule has 0 aliphatic rings. The molecule has 3 heteroatoms. The summed E-state index contributed by atoms with van der Waals surface area (Å²) in [4.78, 5) is 11.0. The Kier molecular flexibility index (Phi) is 3.32. The summed E-state index contributed by atoms with van der Waals surface area (Å²) in [6, 6.07) is 0. The van der Waals surface area contributed by atoms with Gasteiger partial charge in [0.15, 0.2) is 0 Å². The highest BCUT2D eigenvalue weighted by Crippen LogP contribution is 1.73. The Hall–Kier alpha value is -0.570. The van der Waals surface area contributed by atoms with Gasteiger partial charge in [-0.25, -0.2) is 0 Å². The molecule has 0 spiro atoms. The third-order valence-corrected chi connectivity index (χ3v) is 0.737. The van der Waals surface area contributed by atoms with Crippen molar-refractivity contribution in [1.82, 2.24) is 4.90 Å². The third kappa shape index (κ3) is 2.17. The number of hydrogen-bond donors (Lipinski definition) is 1. The summed E-state index contributed by atoms with van der Waals surface area (Å²) >= 11 is 0. The Bertz CT molecular complexity index is 51.7. The summed E-state index contributed by atoms with van der Waals surface area (Å²) in [5, 5.41) is 8.22. The van der Waals surface area contributed by atoms with Crippen molar-refractivity contribution in [3.05, 3.63) is 0 Å². The van der Waals surface area contributed by atoms with Crippen molar-refractivity contribution in [2.75, 3.05) is 13.3 Å². The van der Waals surface area contributed by atoms with E-state index in [9.17, 15) is 4.79 Å². The standard InChI is InChI=1S/C4H9NO2/c1-2-5(3-6)4-7/h3,7H,2,4H2,1H3. The Morgan fingerprint density at radius 1 is 1.86 bits per heavy atom. The van der Waals surface area contributed by atoms with E-state index in [-0.39, 0.29) is 6.73 Å². The number of aliphatic hydroxyl groups is 1. The Balaban J connectivity index is 3.16. The number of carbonyl (C=O) groups is 1. The van der Waals surface area contributed by atoms with Gasteiger partial charge in [0.1, 0.15) is 6.73 Å². The number of aliphatic hydroxyl groups excluding tert-OH is 1. The van der Waals surface area contributed by atoms with Crippen LogP contribution >= 0.6 is 0 Å². The monoisotopic (exact) mass is 103 g/mol. The molecule has 0 saturated carbocycles. The van der Waals surface area contributed by atoms with Crippen molar-refractivity contribution >= 4 is 6.41 Å². The van der Waals surface area contributed by atoms with Gasteiger partial charge in [0.05, 0.1) is 0 Å². The second-order valence-corrected chi connectivity index (χ2v) is 1.15. The van der Waals surface area contributed by atoms with Gasteiger partial charge >= 0.3 is 0 Å². The van der Waals surface area contributed by atoms with Gasteiger partial charge in [-0.2, -0.15) is 0 Å². The first kappa shape index (κ1) is 6.43. The molecule has 3 nitrogen and oxygen atoms in total. The molecule has 0 aromatic heterocycles. The summed E-state index contributed by atoms with van der Waals surface area (Å²) in [6.45, 7) is 2.19. The number of amides is 1. The van der Waals surface area contributed by atoms with Crippen LogP contribution in [0.2, 0.25) is 0 Å². The van der Waals surface area contributed by atoms with Gasteiger partial charge in [-0.15, -0.1) is 0 Å². The van der Waals surface area contributed by atoms with Gasteiger partial charge in [-0.05, 0) is 6.92 Å². The Morgan fingerprint density at radius 3 is 2.43 bits per heavy atom. The van der Waals surface area contributed by atoms with Crippen molar-refractivity contribution in [1.29, 1.82) is 0 Å². The molecular weight excluding hydrogens is 94.0 g/mol. The molecule has 1 amide bonds. The molecule has 0 rings (SSSR count). The van der Waals surface area contributed by atoms with Crippen molar-refractivity contribution in [3.63, 3.8) is 0 Å². The average Bonchev–Trinajstić information content (AvgIpc) is 1.72. The van der Waals surface area contributed by atoms with Gasteiger partial charge in [0.25, 0.3) is 0 Å². The van der Waals surface area contributed by atoms with Crippen molar-refractivity contribution in [2.24, 2.45) is 0 Å². The summed E-state index contributed by atoms with van der Waals surface area (Å²) in [6.07, 6.45) is 0.611. The molecule has 0 heterocycles. The lowest BCUT2D eigenvalue weighted by molar-refractivity contribution is -0.121. The first-order valence-corrected chi connectivity index (χ1v) is 2.15. The summed E-state index contributed by atoms with van der Waals surface area (Å²) in [5.74, 6) is 0. The van der Waals surface area contributed by atoms with E-state index in [1.807, 2.05) is 0 Å². The topological polar surface area (TPSA) is 40.5 Å². The maximum atomic E-state index is 9.73. The van der Waals surface area contributed by atoms with Crippen molar-refractivity contribution in [2.45, 2.75) is 6.92 Å². The summed E-state index contributed by atoms with van der Waals surface area (Å²) in [7, 11) is 0. The number of nitrogens with zero attached hydrogens (tertiary/aromatic N) is 1. The van der Waals surface area contributed by atoms with Gasteiger partial charge in [0, 0.05) is 6.54 Å². The second-order valence-electron chi connectivity index (χ2n) is 1.15. The van der Waals surface area contributed by atoms with Crippen LogP contribution < -0.4 is 0 Å². The van der Waals surface area contributed by atoms with E-state index in [4.69, 9.17) is 5.11 Å². The molecule has 0 radical (unpaired) electrons. The zero-order valence-electron chi connectivity index (χ0n) is 4.29. The summed E-state index contributed by atoms with van der Waals surface area (Å²) < 4.78 is 0. The van der Waals surface area contributed by atoms with Crippen LogP contribution in [0.3, 0.4) is 0 Å². The molecule has 0 aliphatic carbocycles. The minimum Gasteiger partial charge on any atom is -0.376 e. The molecule has 0 aromatic rings. The van der Waals surface area contributed by atoms with E-state index in [2.05, 4.69) is 0 Å². The van der Waals surface area contributed by atoms with Crippen LogP contribution in [0.15, 0.2) is 0 Å². The molecule has 0 fully saturated rings. The molecule has 42 valence electrons. The fourth-order valence-electron chi connectivity index (χ4n) is 0.208. The van der Waals surface area contributed by atoms with E-state index in [0.717, 1.165) is 0 Å². The number of hydrogen-bond acceptors (Lipinski definition) is 2. The van der Waals surface area contributed by atoms with Crippen LogP contribution in [-0.4, -0.2) is 29.7 Å². The highest BCUT2D eigenvalue weighted by molar-refractivity contribution is 5.46. The SMILES string of the molecule is CCN(C=O)CO. The molecule has 0 aromatic carbocycles. The van der Waals surface area contributed by atoms with E-state index in [0.29, 0.717) is 13.0 Å². The molecule has 1 N–H and O–H groups in total. The first-order valence-electron chi connectivity index (χ1n) is 2.15. The van der Waals surface area contributed by atoms with Crippen LogP contribution in [-0.2, 0) is 4.79 Å². The predicted octanol–water partition coefficient (Wildman–Crippen LogP) is -0.586. The Labute approximate surface area is 42.5 Å². The zero-order valence-corrected chi connectivity index (χ0v) is 4.29. The first-order chi connectivity index (χ1) is 3.35. The van der Waals surface area contributed by atoms with Crippen LogP contribution in [0.25, 0.3) is 0 Å². The van der Waals surface area contributed by atoms with Crippen LogP contribution in [0.5, 0.6) is 0 Å². The normalized spacial score (nSPS) is 8.29. The van der Waals surface area contributed by atoms with Gasteiger partial charge in [-0.3, -0.25) is 4.79 Å². The van der Waals surface area contributed by atoms with Gasteiger partial charge in [0.2, 0.25) is 6.41 Å². The fourth-order valence-corrected chi connectivity index (χ4v) is 0.208. The van der Waals surface area contributed by atoms with Gasteiger partial charge in [-0.1, -0.05) is 0 Å². The van der Waals surface area contributed by atoms with Crippen LogP contribution in [0.1, 0.15) is 6.92 Å². The highest BCUT2D eigenvalue weighted by atomic mass is 16.3. The fraction of sp³-hybridized carbons (Fsp3) is 0.750. The largest absolute Gasteiger partial charge is 0.376 e. The molecule has 0 atom stereocenters. The minimum absolute atomic E-state index is 0.181. The van der Waals surface area contributed by atoms with E-state index in [1.165, 1.54) is 4.90 Å². The predicted molar refractivity (Wildman–Crippen MR) is 25.5 cm³/mol. The third-order valence-electron chi connectivity index (χ3n) is 0.737. The zero-order chi connectivity index (χ0) is 5.70. The molecular formula is C4H9NO2. The van der Waals surface area contributed by atoms with Crippen molar-refractivity contribution in [3.8, 4) is 0 Å². The van der Waals surface area contributed by atoms with E-state index < -0.39 is 0 Å². The lowest BCUT2D eigenvalue weighted by Crippen LogP contribution is -2.21. The molecule has 0 saturated heterocycles. The maximum absolute atomic E-state index is 9.73. The lowest BCUT2D eigenvalue weighted by Gasteiger charge is -2.07. The van der Waals surface area contributed by atoms with Crippen LogP contribution in [0.4, 0.5) is 0 Å². The Morgan fingerprint density at radius 2 is 2.43 bits per heavy atom. The molecule has 0 aliphatic heterocycles. The quantitative estimate of drug-likeness (QED) is 0.383. The van der Waals surface area contributed by atoms with Gasteiger partial charge < -0.3 is 10.0 Å². The molecule has 0 unspecified atom stereocenters. The average molecular weight is 103 g/mol. The van der Waals surface area contributed by atoms with E-state index >= 15 is 0 Å². The summed E-state index contributed by atoms with van der Waals surface area (Å²) in [5.41, 5.74) is 0. The molecule has 0 bridgehead atoms. The van der Waals surface area contributed by atoms with E-state index in [1.54, 1.807) is 6.92 Å². The number of rotatable bonds is 3. The second kappa shape index (κ2) is 3.61. The minimum atomic E-state index is -0.181. The number of carbonyl (C=O) groups excluding carboxylic acids is 1. The smallest absolute Gasteiger partial charge is 0.211 e. The molecule has 7 heavy (non-hydrogen) atoms. The maximum Gasteiger partial charge on any atom is 0.211 e. The lowest BCUT2D eigenvalue weighted by atomic mass is 10.7.